The van der Waals surface area contributed by atoms with Crippen molar-refractivity contribution in [1.82, 2.24) is 0 Å². The van der Waals surface area contributed by atoms with Gasteiger partial charge in [0.2, 0.25) is 0 Å². The number of halogens is 1. The molecule has 3 aromatic rings. The molecule has 3 aromatic carbocycles. The van der Waals surface area contributed by atoms with Gasteiger partial charge in [0.15, 0.2) is 5.78 Å². The predicted octanol–water partition coefficient (Wildman–Crippen LogP) is 5.32. The molecule has 0 aliphatic heterocycles. The molecule has 0 radical (unpaired) electrons. The summed E-state index contributed by atoms with van der Waals surface area (Å²) in [5.74, 6) is 0.487. The Morgan fingerprint density at radius 1 is 0.682 bits per heavy atom. The molecular formula is C20H15ClO. The van der Waals surface area contributed by atoms with E-state index in [4.69, 9.17) is 11.6 Å². The quantitative estimate of drug-likeness (QED) is 0.471. The van der Waals surface area contributed by atoms with Gasteiger partial charge in [-0.25, -0.2) is 0 Å². The van der Waals surface area contributed by atoms with Crippen LogP contribution in [0.3, 0.4) is 0 Å². The van der Waals surface area contributed by atoms with Crippen molar-refractivity contribution in [3.8, 4) is 11.1 Å². The van der Waals surface area contributed by atoms with E-state index in [1.54, 1.807) is 0 Å². The third-order valence-electron chi connectivity index (χ3n) is 3.62. The largest absolute Gasteiger partial charge is 0.289 e. The predicted molar refractivity (Wildman–Crippen MR) is 91.3 cm³/mol. The van der Waals surface area contributed by atoms with E-state index in [1.807, 2.05) is 66.7 Å². The Labute approximate surface area is 135 Å². The van der Waals surface area contributed by atoms with Gasteiger partial charge in [-0.2, -0.15) is 0 Å². The highest BCUT2D eigenvalue weighted by atomic mass is 35.5. The summed E-state index contributed by atoms with van der Waals surface area (Å²) in [6.07, 6.45) is 0. The van der Waals surface area contributed by atoms with Crippen LogP contribution in [0.1, 0.15) is 21.5 Å². The van der Waals surface area contributed by atoms with Crippen molar-refractivity contribution in [1.29, 1.82) is 0 Å². The highest BCUT2D eigenvalue weighted by Gasteiger charge is 2.09. The minimum atomic E-state index is 0.0285. The Balaban J connectivity index is 1.84. The molecule has 0 saturated carbocycles. The van der Waals surface area contributed by atoms with Gasteiger partial charge < -0.3 is 0 Å². The fourth-order valence-corrected chi connectivity index (χ4v) is 2.53. The summed E-state index contributed by atoms with van der Waals surface area (Å²) >= 11 is 5.77. The van der Waals surface area contributed by atoms with E-state index < -0.39 is 0 Å². The lowest BCUT2D eigenvalue weighted by Crippen LogP contribution is -2.01. The van der Waals surface area contributed by atoms with Crippen LogP contribution in [-0.4, -0.2) is 5.78 Å². The minimum Gasteiger partial charge on any atom is -0.289 e. The Morgan fingerprint density at radius 2 is 1.18 bits per heavy atom. The van der Waals surface area contributed by atoms with Crippen LogP contribution in [0.15, 0.2) is 78.9 Å². The maximum atomic E-state index is 12.5. The fraction of sp³-hybridized carbons (Fsp3) is 0.0500. The molecule has 0 aliphatic rings. The van der Waals surface area contributed by atoms with E-state index in [0.717, 1.165) is 16.7 Å². The summed E-state index contributed by atoms with van der Waals surface area (Å²) in [6.45, 7) is 0. The molecule has 0 aliphatic carbocycles. The van der Waals surface area contributed by atoms with E-state index in [-0.39, 0.29) is 5.78 Å². The molecule has 0 bridgehead atoms. The highest BCUT2D eigenvalue weighted by molar-refractivity contribution is 6.17. The van der Waals surface area contributed by atoms with Crippen LogP contribution in [0.4, 0.5) is 0 Å². The number of rotatable bonds is 4. The highest BCUT2D eigenvalue weighted by Crippen LogP contribution is 2.20. The molecule has 0 fully saturated rings. The molecular weight excluding hydrogens is 292 g/mol. The van der Waals surface area contributed by atoms with Crippen molar-refractivity contribution in [2.75, 3.05) is 0 Å². The number of benzene rings is 3. The Morgan fingerprint density at radius 3 is 1.73 bits per heavy atom. The van der Waals surface area contributed by atoms with Crippen LogP contribution in [0, 0.1) is 0 Å². The van der Waals surface area contributed by atoms with Crippen molar-refractivity contribution in [2.45, 2.75) is 5.88 Å². The Kier molecular flexibility index (Phi) is 4.36. The summed E-state index contributed by atoms with van der Waals surface area (Å²) in [6, 6.07) is 25.3. The summed E-state index contributed by atoms with van der Waals surface area (Å²) in [4.78, 5) is 12.5. The average molecular weight is 307 g/mol. The van der Waals surface area contributed by atoms with E-state index in [1.165, 1.54) is 0 Å². The van der Waals surface area contributed by atoms with Gasteiger partial charge in [0, 0.05) is 17.0 Å². The Hall–Kier alpha value is -2.38. The number of carbonyl (C=O) groups is 1. The van der Waals surface area contributed by atoms with Crippen LogP contribution in [-0.2, 0) is 5.88 Å². The van der Waals surface area contributed by atoms with Crippen LogP contribution in [0.25, 0.3) is 11.1 Å². The zero-order valence-corrected chi connectivity index (χ0v) is 12.8. The molecule has 1 nitrogen and oxygen atoms in total. The molecule has 2 heteroatoms. The molecule has 3 rings (SSSR count). The molecule has 0 N–H and O–H groups in total. The summed E-state index contributed by atoms with van der Waals surface area (Å²) < 4.78 is 0. The molecule has 0 aromatic heterocycles. The number of hydrogen-bond acceptors (Lipinski definition) is 1. The van der Waals surface area contributed by atoms with Gasteiger partial charge in [0.1, 0.15) is 0 Å². The second-order valence-electron chi connectivity index (χ2n) is 5.10. The third-order valence-corrected chi connectivity index (χ3v) is 3.93. The van der Waals surface area contributed by atoms with Crippen LogP contribution in [0.5, 0.6) is 0 Å². The van der Waals surface area contributed by atoms with Crippen molar-refractivity contribution >= 4 is 17.4 Å². The van der Waals surface area contributed by atoms with Crippen molar-refractivity contribution in [3.05, 3.63) is 95.6 Å². The van der Waals surface area contributed by atoms with Gasteiger partial charge in [-0.1, -0.05) is 78.9 Å². The SMILES string of the molecule is O=C(c1ccc(CCl)cc1)c1ccc(-c2ccccc2)cc1. The van der Waals surface area contributed by atoms with Crippen molar-refractivity contribution in [2.24, 2.45) is 0 Å². The van der Waals surface area contributed by atoms with E-state index in [9.17, 15) is 4.79 Å². The third kappa shape index (κ3) is 3.10. The molecule has 108 valence electrons. The zero-order valence-electron chi connectivity index (χ0n) is 12.0. The topological polar surface area (TPSA) is 17.1 Å². The smallest absolute Gasteiger partial charge is 0.193 e. The molecule has 0 unspecified atom stereocenters. The molecule has 0 spiro atoms. The lowest BCUT2D eigenvalue weighted by atomic mass is 9.99. The normalized spacial score (nSPS) is 10.4. The standard InChI is InChI=1S/C20H15ClO/c21-14-15-6-8-18(9-7-15)20(22)19-12-10-17(11-13-19)16-4-2-1-3-5-16/h1-13H,14H2. The van der Waals surface area contributed by atoms with Gasteiger partial charge >= 0.3 is 0 Å². The fourth-order valence-electron chi connectivity index (χ4n) is 2.36. The summed E-state index contributed by atoms with van der Waals surface area (Å²) in [5.41, 5.74) is 4.64. The molecule has 0 atom stereocenters. The summed E-state index contributed by atoms with van der Waals surface area (Å²) in [7, 11) is 0. The van der Waals surface area contributed by atoms with E-state index >= 15 is 0 Å². The van der Waals surface area contributed by atoms with Crippen LogP contribution in [0.2, 0.25) is 0 Å². The maximum Gasteiger partial charge on any atom is 0.193 e. The maximum absolute atomic E-state index is 12.5. The van der Waals surface area contributed by atoms with Crippen LogP contribution < -0.4 is 0 Å². The van der Waals surface area contributed by atoms with Gasteiger partial charge in [0.25, 0.3) is 0 Å². The summed E-state index contributed by atoms with van der Waals surface area (Å²) in [5, 5.41) is 0. The molecule has 0 amide bonds. The Bertz CT molecular complexity index is 759. The monoisotopic (exact) mass is 306 g/mol. The number of carbonyl (C=O) groups excluding carboxylic acids is 1. The van der Waals surface area contributed by atoms with Gasteiger partial charge in [0.05, 0.1) is 0 Å². The molecule has 0 saturated heterocycles. The van der Waals surface area contributed by atoms with E-state index in [0.29, 0.717) is 17.0 Å². The lowest BCUT2D eigenvalue weighted by Gasteiger charge is -2.05. The van der Waals surface area contributed by atoms with Gasteiger partial charge in [-0.05, 0) is 16.7 Å². The average Bonchev–Trinajstić information content (AvgIpc) is 2.62. The minimum absolute atomic E-state index is 0.0285. The second-order valence-corrected chi connectivity index (χ2v) is 5.37. The first-order chi connectivity index (χ1) is 10.8. The second kappa shape index (κ2) is 6.59. The van der Waals surface area contributed by atoms with E-state index in [2.05, 4.69) is 12.1 Å². The van der Waals surface area contributed by atoms with Crippen molar-refractivity contribution < 1.29 is 4.79 Å². The number of alkyl halides is 1. The van der Waals surface area contributed by atoms with Crippen LogP contribution >= 0.6 is 11.6 Å². The first kappa shape index (κ1) is 14.6. The zero-order chi connectivity index (χ0) is 15.4. The number of ketones is 1. The van der Waals surface area contributed by atoms with Gasteiger partial charge in [-0.3, -0.25) is 4.79 Å². The molecule has 22 heavy (non-hydrogen) atoms. The van der Waals surface area contributed by atoms with Gasteiger partial charge in [-0.15, -0.1) is 11.6 Å². The first-order valence-electron chi connectivity index (χ1n) is 7.13. The molecule has 0 heterocycles. The first-order valence-corrected chi connectivity index (χ1v) is 7.66. The lowest BCUT2D eigenvalue weighted by molar-refractivity contribution is 0.103. The van der Waals surface area contributed by atoms with Crippen molar-refractivity contribution in [3.63, 3.8) is 0 Å². The number of hydrogen-bond donors (Lipinski definition) is 0.